The lowest BCUT2D eigenvalue weighted by atomic mass is 10.0. The summed E-state index contributed by atoms with van der Waals surface area (Å²) >= 11 is 0. The average Bonchev–Trinajstić information content (AvgIpc) is 2.23. The Labute approximate surface area is 93.9 Å². The highest BCUT2D eigenvalue weighted by Crippen LogP contribution is 2.20. The van der Waals surface area contributed by atoms with E-state index in [2.05, 4.69) is 5.32 Å². The van der Waals surface area contributed by atoms with E-state index in [0.717, 1.165) is 5.56 Å². The summed E-state index contributed by atoms with van der Waals surface area (Å²) in [5, 5.41) is 19.9. The van der Waals surface area contributed by atoms with Crippen LogP contribution in [0.2, 0.25) is 0 Å². The molecule has 0 heterocycles. The molecule has 1 aromatic rings. The molecular formula is C11H16N2O3. The normalized spacial score (nSPS) is 12.1. The number of aliphatic hydroxyl groups excluding tert-OH is 1. The summed E-state index contributed by atoms with van der Waals surface area (Å²) in [5.41, 5.74) is 7.04. The van der Waals surface area contributed by atoms with Gasteiger partial charge >= 0.3 is 6.09 Å². The van der Waals surface area contributed by atoms with Gasteiger partial charge in [0.15, 0.2) is 0 Å². The second kappa shape index (κ2) is 5.97. The maximum Gasteiger partial charge on any atom is 0.405 e. The highest BCUT2D eigenvalue weighted by Gasteiger charge is 2.13. The van der Waals surface area contributed by atoms with Crippen molar-refractivity contribution >= 4 is 11.8 Å². The zero-order chi connectivity index (χ0) is 12.0. The number of hydrogen-bond donors (Lipinski definition) is 4. The molecule has 0 aliphatic carbocycles. The van der Waals surface area contributed by atoms with Crippen molar-refractivity contribution in [2.45, 2.75) is 18.9 Å². The van der Waals surface area contributed by atoms with Gasteiger partial charge in [0, 0.05) is 12.3 Å². The van der Waals surface area contributed by atoms with Crippen LogP contribution in [-0.2, 0) is 0 Å². The molecule has 5 N–H and O–H groups in total. The fourth-order valence-electron chi connectivity index (χ4n) is 1.54. The van der Waals surface area contributed by atoms with Crippen LogP contribution in [0.15, 0.2) is 24.3 Å². The first-order valence-electron chi connectivity index (χ1n) is 5.09. The Morgan fingerprint density at radius 1 is 1.50 bits per heavy atom. The number of carboxylic acid groups (broad SMARTS) is 1. The van der Waals surface area contributed by atoms with Gasteiger partial charge in [0.1, 0.15) is 0 Å². The monoisotopic (exact) mass is 224 g/mol. The number of benzene rings is 1. The van der Waals surface area contributed by atoms with E-state index in [1.807, 2.05) is 6.07 Å². The Morgan fingerprint density at radius 2 is 2.25 bits per heavy atom. The van der Waals surface area contributed by atoms with Gasteiger partial charge in [0.25, 0.3) is 0 Å². The number of anilines is 1. The zero-order valence-electron chi connectivity index (χ0n) is 8.89. The average molecular weight is 224 g/mol. The molecule has 0 aliphatic rings. The van der Waals surface area contributed by atoms with E-state index in [1.54, 1.807) is 18.2 Å². The van der Waals surface area contributed by atoms with Crippen LogP contribution in [0.3, 0.4) is 0 Å². The molecule has 0 aliphatic heterocycles. The largest absolute Gasteiger partial charge is 0.465 e. The first-order chi connectivity index (χ1) is 7.63. The highest BCUT2D eigenvalue weighted by atomic mass is 16.4. The second-order valence-electron chi connectivity index (χ2n) is 3.54. The van der Waals surface area contributed by atoms with Gasteiger partial charge in [0.2, 0.25) is 0 Å². The van der Waals surface area contributed by atoms with E-state index < -0.39 is 6.09 Å². The number of hydrogen-bond acceptors (Lipinski definition) is 3. The first kappa shape index (κ1) is 12.3. The van der Waals surface area contributed by atoms with Crippen molar-refractivity contribution in [2.75, 3.05) is 12.3 Å². The Bertz CT molecular complexity index is 355. The van der Waals surface area contributed by atoms with Crippen molar-refractivity contribution in [1.82, 2.24) is 5.32 Å². The molecule has 1 amide bonds. The van der Waals surface area contributed by atoms with Crippen LogP contribution in [0.1, 0.15) is 24.4 Å². The lowest BCUT2D eigenvalue weighted by Gasteiger charge is -2.17. The van der Waals surface area contributed by atoms with Crippen LogP contribution in [0.4, 0.5) is 10.5 Å². The molecule has 88 valence electrons. The van der Waals surface area contributed by atoms with Gasteiger partial charge in [-0.05, 0) is 30.5 Å². The summed E-state index contributed by atoms with van der Waals surface area (Å²) in [6.07, 6.45) is 0.0109. The number of nitrogens with two attached hydrogens (primary N) is 1. The molecule has 5 heteroatoms. The summed E-state index contributed by atoms with van der Waals surface area (Å²) in [6, 6.07) is 6.74. The van der Waals surface area contributed by atoms with Crippen molar-refractivity contribution in [3.8, 4) is 0 Å². The van der Waals surface area contributed by atoms with E-state index in [0.29, 0.717) is 18.5 Å². The highest BCUT2D eigenvalue weighted by molar-refractivity contribution is 5.65. The third kappa shape index (κ3) is 3.78. The maximum absolute atomic E-state index is 10.6. The summed E-state index contributed by atoms with van der Waals surface area (Å²) in [4.78, 5) is 10.6. The minimum Gasteiger partial charge on any atom is -0.465 e. The van der Waals surface area contributed by atoms with Crippen molar-refractivity contribution in [3.05, 3.63) is 29.8 Å². The topological polar surface area (TPSA) is 95.6 Å². The zero-order valence-corrected chi connectivity index (χ0v) is 8.89. The second-order valence-corrected chi connectivity index (χ2v) is 3.54. The summed E-state index contributed by atoms with van der Waals surface area (Å²) in [6.45, 7) is 0.0418. The molecule has 1 aromatic carbocycles. The SMILES string of the molecule is Nc1cccc(C(CCCO)NC(=O)O)c1. The first-order valence-corrected chi connectivity index (χ1v) is 5.09. The Morgan fingerprint density at radius 3 is 2.81 bits per heavy atom. The van der Waals surface area contributed by atoms with Crippen molar-refractivity contribution in [3.63, 3.8) is 0 Å². The smallest absolute Gasteiger partial charge is 0.405 e. The molecule has 1 rings (SSSR count). The lowest BCUT2D eigenvalue weighted by molar-refractivity contribution is 0.187. The number of nitrogens with one attached hydrogen (secondary N) is 1. The van der Waals surface area contributed by atoms with Crippen LogP contribution in [0.25, 0.3) is 0 Å². The molecule has 0 aromatic heterocycles. The van der Waals surface area contributed by atoms with E-state index >= 15 is 0 Å². The molecule has 5 nitrogen and oxygen atoms in total. The van der Waals surface area contributed by atoms with E-state index in [9.17, 15) is 4.79 Å². The fourth-order valence-corrected chi connectivity index (χ4v) is 1.54. The minimum absolute atomic E-state index is 0.0418. The third-order valence-corrected chi connectivity index (χ3v) is 2.26. The van der Waals surface area contributed by atoms with Crippen LogP contribution >= 0.6 is 0 Å². The van der Waals surface area contributed by atoms with Crippen LogP contribution < -0.4 is 11.1 Å². The fraction of sp³-hybridized carbons (Fsp3) is 0.364. The molecule has 0 bridgehead atoms. The lowest BCUT2D eigenvalue weighted by Crippen LogP contribution is -2.27. The molecule has 0 fully saturated rings. The molecule has 0 saturated heterocycles. The Kier molecular flexibility index (Phi) is 4.60. The quantitative estimate of drug-likeness (QED) is 0.568. The van der Waals surface area contributed by atoms with Gasteiger partial charge in [-0.15, -0.1) is 0 Å². The standard InChI is InChI=1S/C11H16N2O3/c12-9-4-1-3-8(7-9)10(5-2-6-14)13-11(15)16/h1,3-4,7,10,13-14H,2,5-6,12H2,(H,15,16). The van der Waals surface area contributed by atoms with Crippen molar-refractivity contribution in [2.24, 2.45) is 0 Å². The predicted molar refractivity (Wildman–Crippen MR) is 61.1 cm³/mol. The molecular weight excluding hydrogens is 208 g/mol. The number of amides is 1. The van der Waals surface area contributed by atoms with Gasteiger partial charge in [-0.3, -0.25) is 0 Å². The molecule has 16 heavy (non-hydrogen) atoms. The predicted octanol–water partition coefficient (Wildman–Crippen LogP) is 1.35. The Balaban J connectivity index is 2.78. The van der Waals surface area contributed by atoms with Gasteiger partial charge in [0.05, 0.1) is 6.04 Å². The molecule has 0 radical (unpaired) electrons. The van der Waals surface area contributed by atoms with E-state index in [4.69, 9.17) is 15.9 Å². The summed E-state index contributed by atoms with van der Waals surface area (Å²) in [7, 11) is 0. The van der Waals surface area contributed by atoms with Gasteiger partial charge in [-0.1, -0.05) is 12.1 Å². The summed E-state index contributed by atoms with van der Waals surface area (Å²) in [5.74, 6) is 0. The van der Waals surface area contributed by atoms with Crippen molar-refractivity contribution in [1.29, 1.82) is 0 Å². The maximum atomic E-state index is 10.6. The Hall–Kier alpha value is -1.75. The van der Waals surface area contributed by atoms with Crippen LogP contribution in [0, 0.1) is 0 Å². The van der Waals surface area contributed by atoms with Gasteiger partial charge in [-0.2, -0.15) is 0 Å². The van der Waals surface area contributed by atoms with Gasteiger partial charge in [-0.25, -0.2) is 4.79 Å². The summed E-state index contributed by atoms with van der Waals surface area (Å²) < 4.78 is 0. The van der Waals surface area contributed by atoms with Gasteiger partial charge < -0.3 is 21.3 Å². The number of rotatable bonds is 5. The van der Waals surface area contributed by atoms with Crippen molar-refractivity contribution < 1.29 is 15.0 Å². The number of aliphatic hydroxyl groups is 1. The molecule has 1 atom stereocenters. The molecule has 0 spiro atoms. The minimum atomic E-state index is -1.08. The number of carbonyl (C=O) groups is 1. The van der Waals surface area contributed by atoms with E-state index in [-0.39, 0.29) is 12.6 Å². The van der Waals surface area contributed by atoms with Crippen LogP contribution in [0.5, 0.6) is 0 Å². The third-order valence-electron chi connectivity index (χ3n) is 2.26. The van der Waals surface area contributed by atoms with E-state index in [1.165, 1.54) is 0 Å². The molecule has 0 saturated carbocycles. The number of nitrogen functional groups attached to an aromatic ring is 1. The van der Waals surface area contributed by atoms with Crippen LogP contribution in [-0.4, -0.2) is 22.9 Å². The molecule has 1 unspecified atom stereocenters.